The molecule has 0 aliphatic rings. The molecule has 0 rings (SSSR count). The SMILES string of the molecule is FOF.[Al].[Si].[Sr]. The number of hydrogen-bond donors (Lipinski definition) is 0. The Bertz CT molecular complexity index is 13.5. The average molecular weight is 197 g/mol. The fourth-order valence-corrected chi connectivity index (χ4v) is 0. The Hall–Kier alpha value is 2.05. The number of rotatable bonds is 0. The van der Waals surface area contributed by atoms with Crippen molar-refractivity contribution in [2.75, 3.05) is 0 Å². The smallest absolute Gasteiger partial charge is 0.0104 e. The largest absolute Gasteiger partial charge is 0.0209 e. The third-order valence-electron chi connectivity index (χ3n) is 0. The Morgan fingerprint density at radius 1 is 1.17 bits per heavy atom. The van der Waals surface area contributed by atoms with Crippen molar-refractivity contribution in [1.29, 1.82) is 0 Å². The predicted molar refractivity (Wildman–Crippen MR) is 20.6 cm³/mol. The molecule has 0 aliphatic heterocycles. The van der Waals surface area contributed by atoms with Gasteiger partial charge >= 0.3 is 0 Å². The van der Waals surface area contributed by atoms with Crippen LogP contribution in [0, 0.1) is 0 Å². The van der Waals surface area contributed by atoms with Crippen molar-refractivity contribution >= 4 is 73.8 Å². The van der Waals surface area contributed by atoms with Gasteiger partial charge in [-0.1, -0.05) is 0 Å². The second-order valence-electron chi connectivity index (χ2n) is 0.0583. The van der Waals surface area contributed by atoms with Crippen LogP contribution in [0.1, 0.15) is 0 Å². The van der Waals surface area contributed by atoms with Gasteiger partial charge in [0.1, 0.15) is 0 Å². The summed E-state index contributed by atoms with van der Waals surface area (Å²) in [5.41, 5.74) is 0. The van der Waals surface area contributed by atoms with Crippen LogP contribution in [0.15, 0.2) is 0 Å². The van der Waals surface area contributed by atoms with Crippen LogP contribution in [0.3, 0.4) is 0 Å². The van der Waals surface area contributed by atoms with E-state index in [9.17, 15) is 0 Å². The van der Waals surface area contributed by atoms with Gasteiger partial charge in [0.05, 0.1) is 0 Å². The van der Waals surface area contributed by atoms with Crippen LogP contribution >= 0.6 is 0 Å². The molecule has 0 aromatic heterocycles. The molecule has 0 atom stereocenters. The van der Waals surface area contributed by atoms with E-state index in [0.717, 1.165) is 0 Å². The normalized spacial score (nSPS) is 3.00. The van der Waals surface area contributed by atoms with E-state index in [4.69, 9.17) is 9.05 Å². The van der Waals surface area contributed by atoms with Gasteiger partial charge in [-0.15, -0.1) is 0 Å². The van der Waals surface area contributed by atoms with E-state index in [1.807, 2.05) is 0 Å². The fraction of sp³-hybridized carbons (Fsp3) is 0. The Labute approximate surface area is 86.7 Å². The molecule has 0 unspecified atom stereocenters. The molecule has 0 N–H and O–H groups in total. The van der Waals surface area contributed by atoms with Crippen molar-refractivity contribution in [2.45, 2.75) is 0 Å². The summed E-state index contributed by atoms with van der Waals surface area (Å²) in [4.78, 5) is 0. The molecule has 0 aliphatic carbocycles. The third-order valence-corrected chi connectivity index (χ3v) is 0. The monoisotopic (exact) mass is 197 g/mol. The van der Waals surface area contributed by atoms with E-state index in [1.165, 1.54) is 5.15 Å². The summed E-state index contributed by atoms with van der Waals surface area (Å²) < 4.78 is 18.2. The zero-order chi connectivity index (χ0) is 2.71. The minimum atomic E-state index is 0. The van der Waals surface area contributed by atoms with Crippen molar-refractivity contribution in [1.82, 2.24) is 0 Å². The van der Waals surface area contributed by atoms with Crippen LogP contribution in [0.25, 0.3) is 0 Å². The topological polar surface area (TPSA) is 9.23 Å². The van der Waals surface area contributed by atoms with E-state index in [0.29, 0.717) is 0 Å². The first-order valence-electron chi connectivity index (χ1n) is 0.309. The molecule has 0 spiro atoms. The molecular weight excluding hydrogens is 197 g/mol. The van der Waals surface area contributed by atoms with Crippen LogP contribution in [0.4, 0.5) is 9.05 Å². The van der Waals surface area contributed by atoms with Crippen molar-refractivity contribution in [2.24, 2.45) is 0 Å². The Morgan fingerprint density at radius 3 is 1.17 bits per heavy atom. The third kappa shape index (κ3) is 36.7. The van der Waals surface area contributed by atoms with E-state index in [1.54, 1.807) is 0 Å². The van der Waals surface area contributed by atoms with E-state index in [2.05, 4.69) is 0 Å². The molecule has 0 aromatic carbocycles. The van der Waals surface area contributed by atoms with Gasteiger partial charge in [0.2, 0.25) is 0 Å². The van der Waals surface area contributed by atoms with Gasteiger partial charge in [-0.2, -0.15) is 0 Å². The van der Waals surface area contributed by atoms with E-state index < -0.39 is 0 Å². The van der Waals surface area contributed by atoms with Gasteiger partial charge in [0, 0.05) is 79.0 Å². The number of halogens is 2. The first-order valence-corrected chi connectivity index (χ1v) is 0.309. The molecule has 6 heteroatoms. The molecule has 0 fully saturated rings. The quantitative estimate of drug-likeness (QED) is 0.481. The Kier molecular flexibility index (Phi) is 113. The molecule has 0 bridgehead atoms. The van der Waals surface area contributed by atoms with Crippen LogP contribution in [0.2, 0.25) is 0 Å². The summed E-state index contributed by atoms with van der Waals surface area (Å²) in [6.45, 7) is 0. The van der Waals surface area contributed by atoms with Gasteiger partial charge in [0.25, 0.3) is 0 Å². The van der Waals surface area contributed by atoms with Gasteiger partial charge in [0.15, 0.2) is 0 Å². The molecule has 0 saturated carbocycles. The summed E-state index contributed by atoms with van der Waals surface area (Å²) in [7, 11) is 0. The van der Waals surface area contributed by atoms with Crippen LogP contribution < -0.4 is 0 Å². The maximum atomic E-state index is 9.12. The Morgan fingerprint density at radius 2 is 1.17 bits per heavy atom. The zero-order valence-corrected chi connectivity index (χ0v) is 8.58. The molecule has 29 valence electrons. The summed E-state index contributed by atoms with van der Waals surface area (Å²) in [5, 5.41) is 1.25. The van der Waals surface area contributed by atoms with Gasteiger partial charge < -0.3 is 0 Å². The molecule has 0 aromatic rings. The predicted octanol–water partition coefficient (Wildman–Crippen LogP) is -0.370. The molecule has 6 heavy (non-hydrogen) atoms. The minimum Gasteiger partial charge on any atom is -0.0104 e. The molecule has 0 saturated heterocycles. The molecule has 1 nitrogen and oxygen atoms in total. The van der Waals surface area contributed by atoms with Crippen LogP contribution in [0.5, 0.6) is 0 Å². The van der Waals surface area contributed by atoms with Crippen molar-refractivity contribution in [3.8, 4) is 0 Å². The first-order chi connectivity index (χ1) is 1.41. The fourth-order valence-electron chi connectivity index (χ4n) is 0. The molecule has 0 heterocycles. The summed E-state index contributed by atoms with van der Waals surface area (Å²) in [6, 6.07) is 0. The molecular formula is AlF2OSiSr. The van der Waals surface area contributed by atoms with E-state index in [-0.39, 0.29) is 73.8 Å². The summed E-state index contributed by atoms with van der Waals surface area (Å²) in [6.07, 6.45) is 0. The Balaban J connectivity index is -0.00000000667. The maximum Gasteiger partial charge on any atom is 0.0209 e. The maximum absolute atomic E-state index is 9.12. The minimum absolute atomic E-state index is 0. The summed E-state index contributed by atoms with van der Waals surface area (Å²) in [5.74, 6) is 0. The number of hydrogen-bond acceptors (Lipinski definition) is 1. The average Bonchev–Trinajstić information content (AvgIpc) is 0.918. The second kappa shape index (κ2) is 27.7. The molecule has 9 radical (unpaired) electrons. The standard InChI is InChI=1S/Al.F2O.Si.Sr/c;1-3-2;;. The van der Waals surface area contributed by atoms with Crippen LogP contribution in [-0.2, 0) is 5.15 Å². The van der Waals surface area contributed by atoms with E-state index >= 15 is 0 Å². The first kappa shape index (κ1) is 24.4. The summed E-state index contributed by atoms with van der Waals surface area (Å²) >= 11 is 0. The molecule has 0 amide bonds. The van der Waals surface area contributed by atoms with Crippen molar-refractivity contribution in [3.05, 3.63) is 0 Å². The van der Waals surface area contributed by atoms with Crippen LogP contribution in [-0.4, -0.2) is 73.8 Å². The van der Waals surface area contributed by atoms with Crippen molar-refractivity contribution in [3.63, 3.8) is 0 Å². The van der Waals surface area contributed by atoms with Gasteiger partial charge in [-0.3, -0.25) is 0 Å². The van der Waals surface area contributed by atoms with Gasteiger partial charge in [-0.05, 0) is 9.05 Å². The van der Waals surface area contributed by atoms with Crippen molar-refractivity contribution < 1.29 is 14.2 Å². The second-order valence-corrected chi connectivity index (χ2v) is 0.0583. The van der Waals surface area contributed by atoms with Gasteiger partial charge in [-0.25, -0.2) is 0 Å². The zero-order valence-electron chi connectivity index (χ0n) is 2.95.